The van der Waals surface area contributed by atoms with Crippen LogP contribution < -0.4 is 4.74 Å². The van der Waals surface area contributed by atoms with E-state index in [1.807, 2.05) is 36.0 Å². The number of piperidine rings is 1. The first-order valence-electron chi connectivity index (χ1n) is 7.92. The fourth-order valence-electron chi connectivity index (χ4n) is 3.06. The van der Waals surface area contributed by atoms with Crippen molar-refractivity contribution in [3.63, 3.8) is 0 Å². The molecule has 2 aliphatic rings. The molecule has 0 aromatic heterocycles. The Kier molecular flexibility index (Phi) is 5.20. The third-order valence-electron chi connectivity index (χ3n) is 4.50. The molecule has 0 N–H and O–H groups in total. The van der Waals surface area contributed by atoms with Gasteiger partial charge in [0.1, 0.15) is 10.7 Å². The highest BCUT2D eigenvalue weighted by molar-refractivity contribution is 8.00. The Morgan fingerprint density at radius 2 is 1.96 bits per heavy atom. The van der Waals surface area contributed by atoms with Gasteiger partial charge in [-0.05, 0) is 37.0 Å². The lowest BCUT2D eigenvalue weighted by molar-refractivity contribution is 0.0162. The SMILES string of the molecule is COc1ccc(CCS(=O)(=O)N2CCC3(CC2)OCCS3)cc1. The molecule has 5 nitrogen and oxygen atoms in total. The van der Waals surface area contributed by atoms with Crippen molar-refractivity contribution in [1.29, 1.82) is 0 Å². The van der Waals surface area contributed by atoms with E-state index in [9.17, 15) is 8.42 Å². The smallest absolute Gasteiger partial charge is 0.214 e. The molecule has 2 saturated heterocycles. The molecular weight excluding hydrogens is 334 g/mol. The predicted octanol–water partition coefficient (Wildman–Crippen LogP) is 2.12. The van der Waals surface area contributed by atoms with Crippen LogP contribution in [0.4, 0.5) is 0 Å². The van der Waals surface area contributed by atoms with Crippen LogP contribution in [0.1, 0.15) is 18.4 Å². The molecule has 3 rings (SSSR count). The fraction of sp³-hybridized carbons (Fsp3) is 0.625. The van der Waals surface area contributed by atoms with E-state index in [-0.39, 0.29) is 10.7 Å². The molecule has 1 spiro atoms. The number of hydrogen-bond donors (Lipinski definition) is 0. The number of nitrogens with zero attached hydrogens (tertiary/aromatic N) is 1. The van der Waals surface area contributed by atoms with Crippen LogP contribution in [0.25, 0.3) is 0 Å². The number of methoxy groups -OCH3 is 1. The van der Waals surface area contributed by atoms with Gasteiger partial charge in [0.15, 0.2) is 0 Å². The molecule has 2 fully saturated rings. The van der Waals surface area contributed by atoms with Crippen LogP contribution in [0, 0.1) is 0 Å². The Morgan fingerprint density at radius 1 is 1.26 bits per heavy atom. The Hall–Kier alpha value is -0.760. The number of rotatable bonds is 5. The van der Waals surface area contributed by atoms with Crippen molar-refractivity contribution in [2.45, 2.75) is 24.2 Å². The summed E-state index contributed by atoms with van der Waals surface area (Å²) in [5.74, 6) is 1.96. The van der Waals surface area contributed by atoms with Crippen LogP contribution in [-0.2, 0) is 21.2 Å². The van der Waals surface area contributed by atoms with Crippen LogP contribution in [0.5, 0.6) is 5.75 Å². The maximum Gasteiger partial charge on any atom is 0.214 e. The Labute approximate surface area is 142 Å². The molecule has 0 bridgehead atoms. The first-order chi connectivity index (χ1) is 11.0. The van der Waals surface area contributed by atoms with Crippen molar-refractivity contribution < 1.29 is 17.9 Å². The average molecular weight is 357 g/mol. The normalized spacial score (nSPS) is 21.6. The lowest BCUT2D eigenvalue weighted by Crippen LogP contribution is -2.45. The third-order valence-corrected chi connectivity index (χ3v) is 7.79. The third kappa shape index (κ3) is 4.02. The van der Waals surface area contributed by atoms with Gasteiger partial charge in [-0.1, -0.05) is 12.1 Å². The highest BCUT2D eigenvalue weighted by Gasteiger charge is 2.41. The van der Waals surface area contributed by atoms with E-state index >= 15 is 0 Å². The van der Waals surface area contributed by atoms with E-state index in [2.05, 4.69) is 0 Å². The quantitative estimate of drug-likeness (QED) is 0.808. The largest absolute Gasteiger partial charge is 0.497 e. The summed E-state index contributed by atoms with van der Waals surface area (Å²) in [6, 6.07) is 7.56. The second-order valence-corrected chi connectivity index (χ2v) is 9.45. The number of benzene rings is 1. The highest BCUT2D eigenvalue weighted by atomic mass is 32.2. The van der Waals surface area contributed by atoms with Gasteiger partial charge in [0.25, 0.3) is 0 Å². The molecule has 1 aromatic carbocycles. The number of ether oxygens (including phenoxy) is 2. The maximum atomic E-state index is 12.5. The molecule has 2 aliphatic heterocycles. The van der Waals surface area contributed by atoms with Gasteiger partial charge in [-0.15, -0.1) is 11.8 Å². The van der Waals surface area contributed by atoms with E-state index in [4.69, 9.17) is 9.47 Å². The van der Waals surface area contributed by atoms with Crippen molar-refractivity contribution in [3.05, 3.63) is 29.8 Å². The number of aryl methyl sites for hydroxylation is 1. The lowest BCUT2D eigenvalue weighted by Gasteiger charge is -2.37. The van der Waals surface area contributed by atoms with Crippen molar-refractivity contribution in [3.8, 4) is 5.75 Å². The van der Waals surface area contributed by atoms with Crippen LogP contribution in [0.3, 0.4) is 0 Å². The van der Waals surface area contributed by atoms with Crippen LogP contribution in [0.15, 0.2) is 24.3 Å². The summed E-state index contributed by atoms with van der Waals surface area (Å²) in [6.45, 7) is 1.92. The van der Waals surface area contributed by atoms with Gasteiger partial charge in [0.2, 0.25) is 10.0 Å². The molecule has 0 amide bonds. The van der Waals surface area contributed by atoms with Crippen molar-refractivity contribution in [2.24, 2.45) is 0 Å². The van der Waals surface area contributed by atoms with Gasteiger partial charge in [-0.2, -0.15) is 0 Å². The van der Waals surface area contributed by atoms with Crippen molar-refractivity contribution in [1.82, 2.24) is 4.31 Å². The molecule has 23 heavy (non-hydrogen) atoms. The zero-order valence-electron chi connectivity index (χ0n) is 13.4. The molecular formula is C16H23NO4S2. The van der Waals surface area contributed by atoms with E-state index in [1.54, 1.807) is 11.4 Å². The van der Waals surface area contributed by atoms with Gasteiger partial charge >= 0.3 is 0 Å². The zero-order valence-corrected chi connectivity index (χ0v) is 15.0. The van der Waals surface area contributed by atoms with Gasteiger partial charge in [-0.25, -0.2) is 12.7 Å². The lowest BCUT2D eigenvalue weighted by atomic mass is 10.1. The molecule has 7 heteroatoms. The fourth-order valence-corrected chi connectivity index (χ4v) is 5.73. The summed E-state index contributed by atoms with van der Waals surface area (Å²) in [7, 11) is -1.59. The predicted molar refractivity (Wildman–Crippen MR) is 92.4 cm³/mol. The molecule has 0 saturated carbocycles. The Morgan fingerprint density at radius 3 is 2.52 bits per heavy atom. The summed E-state index contributed by atoms with van der Waals surface area (Å²) in [5, 5.41) is 0. The first kappa shape index (κ1) is 17.1. The summed E-state index contributed by atoms with van der Waals surface area (Å²) >= 11 is 1.84. The molecule has 0 aliphatic carbocycles. The number of hydrogen-bond acceptors (Lipinski definition) is 5. The van der Waals surface area contributed by atoms with Gasteiger partial charge in [0, 0.05) is 18.8 Å². The molecule has 0 atom stereocenters. The van der Waals surface area contributed by atoms with Crippen LogP contribution in [0.2, 0.25) is 0 Å². The standard InChI is InChI=1S/C16H23NO4S2/c1-20-15-4-2-14(3-5-15)6-13-23(18,19)17-9-7-16(8-10-17)21-11-12-22-16/h2-5H,6-13H2,1H3. The van der Waals surface area contributed by atoms with E-state index in [1.165, 1.54) is 0 Å². The Balaban J connectivity index is 1.54. The maximum absolute atomic E-state index is 12.5. The summed E-state index contributed by atoms with van der Waals surface area (Å²) in [6.07, 6.45) is 2.11. The minimum Gasteiger partial charge on any atom is -0.497 e. The van der Waals surface area contributed by atoms with Gasteiger partial charge < -0.3 is 9.47 Å². The highest BCUT2D eigenvalue weighted by Crippen LogP contribution is 2.41. The van der Waals surface area contributed by atoms with E-state index in [0.29, 0.717) is 19.5 Å². The zero-order chi connectivity index (χ0) is 16.3. The van der Waals surface area contributed by atoms with Crippen LogP contribution in [-0.4, -0.2) is 56.0 Å². The number of sulfonamides is 1. The summed E-state index contributed by atoms with van der Waals surface area (Å²) in [4.78, 5) is -0.123. The minimum atomic E-state index is -3.21. The molecule has 2 heterocycles. The average Bonchev–Trinajstić information content (AvgIpc) is 3.02. The topological polar surface area (TPSA) is 55.8 Å². The minimum absolute atomic E-state index is 0.123. The van der Waals surface area contributed by atoms with Gasteiger partial charge in [0.05, 0.1) is 19.5 Å². The van der Waals surface area contributed by atoms with Crippen LogP contribution >= 0.6 is 11.8 Å². The summed E-state index contributed by atoms with van der Waals surface area (Å²) < 4.78 is 37.6. The van der Waals surface area contributed by atoms with Crippen molar-refractivity contribution in [2.75, 3.05) is 38.3 Å². The Bertz CT molecular complexity index is 614. The van der Waals surface area contributed by atoms with E-state index < -0.39 is 10.0 Å². The molecule has 1 aromatic rings. The molecule has 128 valence electrons. The number of thioether (sulfide) groups is 1. The first-order valence-corrected chi connectivity index (χ1v) is 10.5. The second-order valence-electron chi connectivity index (χ2n) is 5.92. The van der Waals surface area contributed by atoms with Gasteiger partial charge in [-0.3, -0.25) is 0 Å². The van der Waals surface area contributed by atoms with E-state index in [0.717, 1.165) is 36.5 Å². The second kappa shape index (κ2) is 7.01. The summed E-state index contributed by atoms with van der Waals surface area (Å²) in [5.41, 5.74) is 1.01. The molecule has 0 unspecified atom stereocenters. The molecule has 0 radical (unpaired) electrons. The van der Waals surface area contributed by atoms with Crippen molar-refractivity contribution >= 4 is 21.8 Å². The monoisotopic (exact) mass is 357 g/mol.